The summed E-state index contributed by atoms with van der Waals surface area (Å²) in [5, 5.41) is 28.9. The van der Waals surface area contributed by atoms with Crippen LogP contribution in [0.1, 0.15) is 13.3 Å². The van der Waals surface area contributed by atoms with Gasteiger partial charge >= 0.3 is 11.9 Å². The van der Waals surface area contributed by atoms with Crippen molar-refractivity contribution in [2.24, 2.45) is 0 Å². The minimum absolute atomic E-state index is 0.606. The predicted octanol–water partition coefficient (Wildman–Crippen LogP) is -1.52. The fourth-order valence-electron chi connectivity index (χ4n) is 1.62. The first-order valence-corrected chi connectivity index (χ1v) is 6.07. The van der Waals surface area contributed by atoms with E-state index in [-0.39, 0.29) is 0 Å². The number of carbonyl (C=O) groups is 2. The maximum atomic E-state index is 11.4. The molecule has 0 spiro atoms. The summed E-state index contributed by atoms with van der Waals surface area (Å²) in [6, 6.07) is 0. The Morgan fingerprint density at radius 1 is 1.20 bits per heavy atom. The number of carbonyl (C=O) groups excluding carboxylic acids is 2. The number of ether oxygens (including phenoxy) is 3. The lowest BCUT2D eigenvalue weighted by molar-refractivity contribution is -0.285. The molecule has 1 fully saturated rings. The van der Waals surface area contributed by atoms with E-state index in [1.165, 1.54) is 6.08 Å². The first-order chi connectivity index (χ1) is 9.42. The number of hydrogen-bond acceptors (Lipinski definition) is 8. The van der Waals surface area contributed by atoms with E-state index in [0.717, 1.165) is 13.2 Å². The van der Waals surface area contributed by atoms with Crippen molar-refractivity contribution in [3.63, 3.8) is 0 Å². The van der Waals surface area contributed by atoms with Gasteiger partial charge in [-0.1, -0.05) is 13.0 Å². The van der Waals surface area contributed by atoms with Crippen molar-refractivity contribution in [3.05, 3.63) is 12.2 Å². The zero-order valence-corrected chi connectivity index (χ0v) is 11.1. The highest BCUT2D eigenvalue weighted by Gasteiger charge is 2.48. The third kappa shape index (κ3) is 3.76. The van der Waals surface area contributed by atoms with Crippen LogP contribution >= 0.6 is 0 Å². The summed E-state index contributed by atoms with van der Waals surface area (Å²) >= 11 is 0. The molecule has 0 aromatic rings. The molecule has 0 amide bonds. The largest absolute Gasteiger partial charge is 0.467 e. The van der Waals surface area contributed by atoms with Gasteiger partial charge in [-0.3, -0.25) is 0 Å². The van der Waals surface area contributed by atoms with Crippen LogP contribution in [-0.4, -0.2) is 65.1 Å². The SMILES string of the molecule is CC/C=C/C(=O)O[C@H]1O[C@H](C(=O)OC)[C@H](O)[C@H](O)[C@H]1O. The van der Waals surface area contributed by atoms with Crippen molar-refractivity contribution >= 4 is 11.9 Å². The van der Waals surface area contributed by atoms with Crippen molar-refractivity contribution in [1.29, 1.82) is 0 Å². The second kappa shape index (κ2) is 7.34. The van der Waals surface area contributed by atoms with Crippen molar-refractivity contribution in [1.82, 2.24) is 0 Å². The standard InChI is InChI=1S/C12H18O8/c1-3-4-5-6(13)19-12-9(16)7(14)8(15)10(20-12)11(17)18-2/h4-5,7-10,12,14-16H,3H2,1-2H3/b5-4+/t7-,8+,9+,10-,12-/m0/s1. The lowest BCUT2D eigenvalue weighted by Crippen LogP contribution is -2.60. The van der Waals surface area contributed by atoms with Gasteiger partial charge in [-0.05, 0) is 6.42 Å². The van der Waals surface area contributed by atoms with Gasteiger partial charge in [-0.25, -0.2) is 9.59 Å². The summed E-state index contributed by atoms with van der Waals surface area (Å²) in [5.74, 6) is -1.75. The molecule has 0 unspecified atom stereocenters. The Labute approximate surface area is 115 Å². The zero-order valence-electron chi connectivity index (χ0n) is 11.1. The molecule has 0 radical (unpaired) electrons. The molecule has 1 rings (SSSR count). The van der Waals surface area contributed by atoms with Gasteiger partial charge < -0.3 is 29.5 Å². The van der Waals surface area contributed by atoms with E-state index in [2.05, 4.69) is 4.74 Å². The Morgan fingerprint density at radius 3 is 2.40 bits per heavy atom. The van der Waals surface area contributed by atoms with Crippen LogP contribution in [0.15, 0.2) is 12.2 Å². The predicted molar refractivity (Wildman–Crippen MR) is 64.2 cm³/mol. The average Bonchev–Trinajstić information content (AvgIpc) is 2.44. The molecule has 8 nitrogen and oxygen atoms in total. The van der Waals surface area contributed by atoms with E-state index in [1.54, 1.807) is 0 Å². The molecule has 1 aliphatic rings. The molecule has 0 aromatic carbocycles. The molecule has 0 aromatic heterocycles. The number of allylic oxidation sites excluding steroid dienone is 1. The Kier molecular flexibility index (Phi) is 6.08. The minimum Gasteiger partial charge on any atom is -0.467 e. The zero-order chi connectivity index (χ0) is 15.3. The topological polar surface area (TPSA) is 123 Å². The Morgan fingerprint density at radius 2 is 1.85 bits per heavy atom. The fraction of sp³-hybridized carbons (Fsp3) is 0.667. The van der Waals surface area contributed by atoms with Crippen LogP contribution in [0.4, 0.5) is 0 Å². The molecule has 3 N–H and O–H groups in total. The van der Waals surface area contributed by atoms with E-state index in [9.17, 15) is 24.9 Å². The number of methoxy groups -OCH3 is 1. The van der Waals surface area contributed by atoms with Crippen LogP contribution in [-0.2, 0) is 23.8 Å². The van der Waals surface area contributed by atoms with Gasteiger partial charge in [0.05, 0.1) is 7.11 Å². The third-order valence-electron chi connectivity index (χ3n) is 2.73. The lowest BCUT2D eigenvalue weighted by atomic mass is 9.99. The first-order valence-electron chi connectivity index (χ1n) is 6.07. The van der Waals surface area contributed by atoms with Crippen molar-refractivity contribution in [3.8, 4) is 0 Å². The number of esters is 2. The smallest absolute Gasteiger partial charge is 0.337 e. The quantitative estimate of drug-likeness (QED) is 0.421. The monoisotopic (exact) mass is 290 g/mol. The summed E-state index contributed by atoms with van der Waals surface area (Å²) in [7, 11) is 1.07. The average molecular weight is 290 g/mol. The maximum absolute atomic E-state index is 11.4. The van der Waals surface area contributed by atoms with Crippen LogP contribution in [0.2, 0.25) is 0 Å². The second-order valence-corrected chi connectivity index (χ2v) is 4.17. The number of rotatable bonds is 4. The molecule has 114 valence electrons. The summed E-state index contributed by atoms with van der Waals surface area (Å²) in [5.41, 5.74) is 0. The highest BCUT2D eigenvalue weighted by molar-refractivity contribution is 5.82. The molecule has 0 saturated carbocycles. The van der Waals surface area contributed by atoms with Gasteiger partial charge in [0.2, 0.25) is 6.29 Å². The maximum Gasteiger partial charge on any atom is 0.337 e. The molecular formula is C12H18O8. The highest BCUT2D eigenvalue weighted by Crippen LogP contribution is 2.23. The van der Waals surface area contributed by atoms with Crippen molar-refractivity contribution in [2.45, 2.75) is 44.1 Å². The van der Waals surface area contributed by atoms with Gasteiger partial charge in [-0.2, -0.15) is 0 Å². The Balaban J connectivity index is 2.77. The van der Waals surface area contributed by atoms with Crippen LogP contribution < -0.4 is 0 Å². The molecule has 0 aliphatic carbocycles. The van der Waals surface area contributed by atoms with E-state index in [0.29, 0.717) is 6.42 Å². The minimum atomic E-state index is -1.71. The van der Waals surface area contributed by atoms with Crippen molar-refractivity contribution in [2.75, 3.05) is 7.11 Å². The molecule has 8 heteroatoms. The highest BCUT2D eigenvalue weighted by atomic mass is 16.7. The number of aliphatic hydroxyl groups is 3. The normalized spacial score (nSPS) is 34.0. The molecule has 1 heterocycles. The van der Waals surface area contributed by atoms with E-state index in [4.69, 9.17) is 9.47 Å². The fourth-order valence-corrected chi connectivity index (χ4v) is 1.62. The number of hydrogen-bond donors (Lipinski definition) is 3. The summed E-state index contributed by atoms with van der Waals surface area (Å²) < 4.78 is 14.1. The van der Waals surface area contributed by atoms with Gasteiger partial charge in [0.15, 0.2) is 6.10 Å². The molecule has 0 bridgehead atoms. The van der Waals surface area contributed by atoms with Crippen LogP contribution in [0.3, 0.4) is 0 Å². The molecule has 1 saturated heterocycles. The summed E-state index contributed by atoms with van der Waals surface area (Å²) in [4.78, 5) is 22.8. The van der Waals surface area contributed by atoms with Crippen molar-refractivity contribution < 1.29 is 39.1 Å². The Hall–Kier alpha value is -1.48. The van der Waals surface area contributed by atoms with Gasteiger partial charge in [0.25, 0.3) is 0 Å². The van der Waals surface area contributed by atoms with Gasteiger partial charge in [0, 0.05) is 6.08 Å². The Bertz CT molecular complexity index is 380. The van der Waals surface area contributed by atoms with Crippen LogP contribution in [0.5, 0.6) is 0 Å². The van der Waals surface area contributed by atoms with E-state index < -0.39 is 42.6 Å². The second-order valence-electron chi connectivity index (χ2n) is 4.17. The summed E-state index contributed by atoms with van der Waals surface area (Å²) in [6.45, 7) is 1.81. The molecule has 1 aliphatic heterocycles. The number of aliphatic hydroxyl groups excluding tert-OH is 3. The lowest BCUT2D eigenvalue weighted by Gasteiger charge is -2.38. The molecule has 5 atom stereocenters. The molecule has 20 heavy (non-hydrogen) atoms. The first kappa shape index (κ1) is 16.6. The van der Waals surface area contributed by atoms with Crippen LogP contribution in [0.25, 0.3) is 0 Å². The summed E-state index contributed by atoms with van der Waals surface area (Å²) in [6.07, 6.45) is -4.93. The van der Waals surface area contributed by atoms with E-state index in [1.807, 2.05) is 6.92 Å². The van der Waals surface area contributed by atoms with Crippen LogP contribution in [0, 0.1) is 0 Å². The van der Waals surface area contributed by atoms with Gasteiger partial charge in [0.1, 0.15) is 18.3 Å². The third-order valence-corrected chi connectivity index (χ3v) is 2.73. The van der Waals surface area contributed by atoms with E-state index >= 15 is 0 Å². The van der Waals surface area contributed by atoms with Gasteiger partial charge in [-0.15, -0.1) is 0 Å². The molecular weight excluding hydrogens is 272 g/mol.